The van der Waals surface area contributed by atoms with Gasteiger partial charge in [-0.25, -0.2) is 12.7 Å². The van der Waals surface area contributed by atoms with E-state index in [4.69, 9.17) is 0 Å². The Kier molecular flexibility index (Phi) is 5.63. The van der Waals surface area contributed by atoms with E-state index in [1.807, 2.05) is 24.3 Å². The maximum Gasteiger partial charge on any atom is 0.225 e. The molecule has 0 atom stereocenters. The summed E-state index contributed by atoms with van der Waals surface area (Å²) >= 11 is 3.39. The minimum Gasteiger partial charge on any atom is -0.341 e. The van der Waals surface area contributed by atoms with Gasteiger partial charge >= 0.3 is 0 Å². The smallest absolute Gasteiger partial charge is 0.225 e. The first-order chi connectivity index (χ1) is 10.3. The van der Waals surface area contributed by atoms with Gasteiger partial charge in [0.15, 0.2) is 0 Å². The van der Waals surface area contributed by atoms with Gasteiger partial charge in [0.25, 0.3) is 0 Å². The second-order valence-electron chi connectivity index (χ2n) is 5.76. The van der Waals surface area contributed by atoms with Crippen LogP contribution in [-0.2, 0) is 21.4 Å². The van der Waals surface area contributed by atoms with Crippen molar-refractivity contribution in [2.75, 3.05) is 26.4 Å². The SMILES string of the molecule is CN(Cc1ccc(Br)cc1)C(=O)C1CCN(S(C)(=O)=O)CC1. The van der Waals surface area contributed by atoms with Crippen molar-refractivity contribution in [3.63, 3.8) is 0 Å². The van der Waals surface area contributed by atoms with Crippen LogP contribution in [0, 0.1) is 5.92 Å². The molecule has 1 amide bonds. The number of carbonyl (C=O) groups is 1. The molecule has 1 aromatic carbocycles. The monoisotopic (exact) mass is 388 g/mol. The van der Waals surface area contributed by atoms with Gasteiger partial charge in [-0.3, -0.25) is 4.79 Å². The molecular formula is C15H21BrN2O3S. The molecule has 0 saturated carbocycles. The van der Waals surface area contributed by atoms with Crippen LogP contribution in [0.25, 0.3) is 0 Å². The number of rotatable bonds is 4. The van der Waals surface area contributed by atoms with E-state index in [-0.39, 0.29) is 11.8 Å². The minimum atomic E-state index is -3.14. The van der Waals surface area contributed by atoms with Crippen molar-refractivity contribution in [1.29, 1.82) is 0 Å². The van der Waals surface area contributed by atoms with Gasteiger partial charge in [-0.15, -0.1) is 0 Å². The lowest BCUT2D eigenvalue weighted by Crippen LogP contribution is -2.42. The quantitative estimate of drug-likeness (QED) is 0.793. The summed E-state index contributed by atoms with van der Waals surface area (Å²) in [5, 5.41) is 0. The molecule has 2 rings (SSSR count). The molecule has 0 spiro atoms. The lowest BCUT2D eigenvalue weighted by molar-refractivity contribution is -0.135. The van der Waals surface area contributed by atoms with E-state index in [1.54, 1.807) is 11.9 Å². The molecule has 1 aromatic rings. The summed E-state index contributed by atoms with van der Waals surface area (Å²) < 4.78 is 25.4. The molecular weight excluding hydrogens is 368 g/mol. The van der Waals surface area contributed by atoms with Gasteiger partial charge in [0.1, 0.15) is 0 Å². The van der Waals surface area contributed by atoms with E-state index in [0.29, 0.717) is 32.5 Å². The van der Waals surface area contributed by atoms with E-state index in [2.05, 4.69) is 15.9 Å². The van der Waals surface area contributed by atoms with E-state index < -0.39 is 10.0 Å². The third-order valence-electron chi connectivity index (χ3n) is 3.98. The molecule has 22 heavy (non-hydrogen) atoms. The van der Waals surface area contributed by atoms with Crippen LogP contribution >= 0.6 is 15.9 Å². The summed E-state index contributed by atoms with van der Waals surface area (Å²) in [6.07, 6.45) is 2.40. The first kappa shape index (κ1) is 17.4. The summed E-state index contributed by atoms with van der Waals surface area (Å²) in [4.78, 5) is 14.2. The van der Waals surface area contributed by atoms with Crippen molar-refractivity contribution in [2.45, 2.75) is 19.4 Å². The molecule has 1 saturated heterocycles. The van der Waals surface area contributed by atoms with Crippen LogP contribution in [0.1, 0.15) is 18.4 Å². The number of halogens is 1. The number of amides is 1. The Hall–Kier alpha value is -0.920. The zero-order valence-electron chi connectivity index (χ0n) is 12.8. The highest BCUT2D eigenvalue weighted by atomic mass is 79.9. The molecule has 0 N–H and O–H groups in total. The van der Waals surface area contributed by atoms with Gasteiger partial charge in [0.2, 0.25) is 15.9 Å². The second-order valence-corrected chi connectivity index (χ2v) is 8.66. The van der Waals surface area contributed by atoms with Crippen LogP contribution in [0.3, 0.4) is 0 Å². The highest BCUT2D eigenvalue weighted by molar-refractivity contribution is 9.10. The summed E-state index contributed by atoms with van der Waals surface area (Å²) in [5.74, 6) is 0.00881. The average Bonchev–Trinajstić information content (AvgIpc) is 2.48. The molecule has 1 aliphatic rings. The third kappa shape index (κ3) is 4.54. The van der Waals surface area contributed by atoms with Crippen LogP contribution < -0.4 is 0 Å². The molecule has 0 radical (unpaired) electrons. The van der Waals surface area contributed by atoms with Crippen molar-refractivity contribution in [3.8, 4) is 0 Å². The van der Waals surface area contributed by atoms with Crippen molar-refractivity contribution in [2.24, 2.45) is 5.92 Å². The maximum atomic E-state index is 12.5. The molecule has 1 aliphatic heterocycles. The van der Waals surface area contributed by atoms with Crippen LogP contribution in [0.4, 0.5) is 0 Å². The van der Waals surface area contributed by atoms with E-state index in [9.17, 15) is 13.2 Å². The Labute approximate surface area is 140 Å². The summed E-state index contributed by atoms with van der Waals surface area (Å²) in [6, 6.07) is 7.89. The van der Waals surface area contributed by atoms with Crippen LogP contribution in [0.15, 0.2) is 28.7 Å². The topological polar surface area (TPSA) is 57.7 Å². The Morgan fingerprint density at radius 1 is 1.27 bits per heavy atom. The Morgan fingerprint density at radius 3 is 2.32 bits per heavy atom. The van der Waals surface area contributed by atoms with Crippen molar-refractivity contribution in [3.05, 3.63) is 34.3 Å². The molecule has 7 heteroatoms. The van der Waals surface area contributed by atoms with Crippen molar-refractivity contribution >= 4 is 31.9 Å². The predicted molar refractivity (Wildman–Crippen MR) is 89.8 cm³/mol. The molecule has 0 bridgehead atoms. The highest BCUT2D eigenvalue weighted by Gasteiger charge is 2.30. The fourth-order valence-electron chi connectivity index (χ4n) is 2.69. The van der Waals surface area contributed by atoms with Gasteiger partial charge in [0, 0.05) is 37.1 Å². The van der Waals surface area contributed by atoms with Crippen LogP contribution in [0.5, 0.6) is 0 Å². The molecule has 1 fully saturated rings. The Bertz CT molecular complexity index is 623. The lowest BCUT2D eigenvalue weighted by atomic mass is 9.96. The first-order valence-electron chi connectivity index (χ1n) is 7.22. The van der Waals surface area contributed by atoms with Gasteiger partial charge < -0.3 is 4.90 Å². The maximum absolute atomic E-state index is 12.5. The molecule has 0 unspecified atom stereocenters. The number of hydrogen-bond donors (Lipinski definition) is 0. The normalized spacial score (nSPS) is 17.4. The summed E-state index contributed by atoms with van der Waals surface area (Å²) in [6.45, 7) is 1.43. The first-order valence-corrected chi connectivity index (χ1v) is 9.86. The number of carbonyl (C=O) groups excluding carboxylic acids is 1. The zero-order valence-corrected chi connectivity index (χ0v) is 15.2. The summed E-state index contributed by atoms with van der Waals surface area (Å²) in [7, 11) is -1.34. The largest absolute Gasteiger partial charge is 0.341 e. The number of piperidine rings is 1. The molecule has 122 valence electrons. The number of nitrogens with zero attached hydrogens (tertiary/aromatic N) is 2. The van der Waals surface area contributed by atoms with Crippen molar-refractivity contribution in [1.82, 2.24) is 9.21 Å². The summed E-state index contributed by atoms with van der Waals surface area (Å²) in [5.41, 5.74) is 1.08. The van der Waals surface area contributed by atoms with E-state index >= 15 is 0 Å². The fraction of sp³-hybridized carbons (Fsp3) is 0.533. The van der Waals surface area contributed by atoms with Crippen LogP contribution in [-0.4, -0.2) is 49.9 Å². The fourth-order valence-corrected chi connectivity index (χ4v) is 3.83. The number of benzene rings is 1. The van der Waals surface area contributed by atoms with E-state index in [1.165, 1.54) is 10.6 Å². The lowest BCUT2D eigenvalue weighted by Gasteiger charge is -2.31. The van der Waals surface area contributed by atoms with Crippen molar-refractivity contribution < 1.29 is 13.2 Å². The Morgan fingerprint density at radius 2 is 1.82 bits per heavy atom. The predicted octanol–water partition coefficient (Wildman–Crippen LogP) is 2.08. The average molecular weight is 389 g/mol. The van der Waals surface area contributed by atoms with Gasteiger partial charge in [-0.1, -0.05) is 28.1 Å². The molecule has 0 aromatic heterocycles. The zero-order chi connectivity index (χ0) is 16.3. The molecule has 0 aliphatic carbocycles. The minimum absolute atomic E-state index is 0.0848. The molecule has 1 heterocycles. The van der Waals surface area contributed by atoms with Gasteiger partial charge in [-0.2, -0.15) is 0 Å². The number of sulfonamides is 1. The molecule has 5 nitrogen and oxygen atoms in total. The van der Waals surface area contributed by atoms with Gasteiger partial charge in [0.05, 0.1) is 6.26 Å². The van der Waals surface area contributed by atoms with Gasteiger partial charge in [-0.05, 0) is 30.5 Å². The second kappa shape index (κ2) is 7.10. The number of hydrogen-bond acceptors (Lipinski definition) is 3. The highest BCUT2D eigenvalue weighted by Crippen LogP contribution is 2.22. The van der Waals surface area contributed by atoms with Crippen LogP contribution in [0.2, 0.25) is 0 Å². The standard InChI is InChI=1S/C15H21BrN2O3S/c1-17(11-12-3-5-14(16)6-4-12)15(19)13-7-9-18(10-8-13)22(2,20)21/h3-6,13H,7-11H2,1-2H3. The van der Waals surface area contributed by atoms with E-state index in [0.717, 1.165) is 10.0 Å². The third-order valence-corrected chi connectivity index (χ3v) is 5.81. The Balaban J connectivity index is 1.90.